The molecule has 0 bridgehead atoms. The molecule has 0 unspecified atom stereocenters. The van der Waals surface area contributed by atoms with Crippen LogP contribution in [-0.2, 0) is 0 Å². The van der Waals surface area contributed by atoms with Gasteiger partial charge >= 0.3 is 0 Å². The molecule has 0 aliphatic rings. The van der Waals surface area contributed by atoms with E-state index in [1.807, 2.05) is 0 Å². The molecule has 0 aromatic heterocycles. The summed E-state index contributed by atoms with van der Waals surface area (Å²) in [7, 11) is 1.49. The van der Waals surface area contributed by atoms with Gasteiger partial charge in [0.2, 0.25) is 0 Å². The molecule has 0 spiro atoms. The zero-order valence-corrected chi connectivity index (χ0v) is 10.1. The Bertz CT molecular complexity index is 627. The Morgan fingerprint density at radius 1 is 1.16 bits per heavy atom. The fourth-order valence-corrected chi connectivity index (χ4v) is 1.49. The van der Waals surface area contributed by atoms with E-state index in [2.05, 4.69) is 4.99 Å². The van der Waals surface area contributed by atoms with Crippen LogP contribution in [0.25, 0.3) is 0 Å². The molecule has 2 aromatic carbocycles. The van der Waals surface area contributed by atoms with Crippen LogP contribution in [0.1, 0.15) is 5.56 Å². The van der Waals surface area contributed by atoms with E-state index in [-0.39, 0.29) is 11.4 Å². The third kappa shape index (κ3) is 3.07. The number of hydrogen-bond acceptors (Lipinski definition) is 3. The maximum absolute atomic E-state index is 13.4. The number of phenols is 1. The highest BCUT2D eigenvalue weighted by molar-refractivity contribution is 5.85. The van der Waals surface area contributed by atoms with Crippen LogP contribution < -0.4 is 4.74 Å². The summed E-state index contributed by atoms with van der Waals surface area (Å²) in [5.74, 6) is -0.898. The predicted octanol–water partition coefficient (Wildman–Crippen LogP) is 3.43. The van der Waals surface area contributed by atoms with Gasteiger partial charge in [-0.3, -0.25) is 4.99 Å². The smallest absolute Gasteiger partial charge is 0.151 e. The first-order valence-corrected chi connectivity index (χ1v) is 5.46. The van der Waals surface area contributed by atoms with E-state index in [1.165, 1.54) is 25.5 Å². The molecule has 2 rings (SSSR count). The molecule has 0 saturated carbocycles. The number of nitrogens with zero attached hydrogens (tertiary/aromatic N) is 1. The molecule has 3 nitrogen and oxygen atoms in total. The molecule has 1 N–H and O–H groups in total. The van der Waals surface area contributed by atoms with Gasteiger partial charge in [-0.1, -0.05) is 0 Å². The molecule has 0 aliphatic heterocycles. The fourth-order valence-electron chi connectivity index (χ4n) is 1.49. The molecule has 19 heavy (non-hydrogen) atoms. The summed E-state index contributed by atoms with van der Waals surface area (Å²) in [5, 5.41) is 9.62. The lowest BCUT2D eigenvalue weighted by atomic mass is 10.2. The average Bonchev–Trinajstić information content (AvgIpc) is 2.39. The van der Waals surface area contributed by atoms with E-state index < -0.39 is 11.6 Å². The van der Waals surface area contributed by atoms with Crippen molar-refractivity contribution in [3.8, 4) is 11.5 Å². The number of methoxy groups -OCH3 is 1. The lowest BCUT2D eigenvalue weighted by molar-refractivity contribution is 0.412. The second kappa shape index (κ2) is 5.48. The third-order valence-corrected chi connectivity index (χ3v) is 2.49. The molecule has 0 heterocycles. The first-order chi connectivity index (χ1) is 9.10. The lowest BCUT2D eigenvalue weighted by Gasteiger charge is -2.03. The molecular formula is C14H11F2NO2. The van der Waals surface area contributed by atoms with Crippen LogP contribution in [0, 0.1) is 11.6 Å². The number of aliphatic imine (C=N–C) groups is 1. The molecule has 2 aromatic rings. The second-order valence-corrected chi connectivity index (χ2v) is 3.78. The van der Waals surface area contributed by atoms with Crippen LogP contribution in [0.3, 0.4) is 0 Å². The quantitative estimate of drug-likeness (QED) is 0.862. The van der Waals surface area contributed by atoms with E-state index in [9.17, 15) is 13.9 Å². The maximum atomic E-state index is 13.4. The van der Waals surface area contributed by atoms with Crippen LogP contribution in [0.2, 0.25) is 0 Å². The maximum Gasteiger partial charge on any atom is 0.151 e. The normalized spacial score (nSPS) is 10.9. The van der Waals surface area contributed by atoms with Gasteiger partial charge < -0.3 is 9.84 Å². The summed E-state index contributed by atoms with van der Waals surface area (Å²) in [6, 6.07) is 7.67. The summed E-state index contributed by atoms with van der Waals surface area (Å²) in [4.78, 5) is 3.87. The number of benzene rings is 2. The molecule has 0 atom stereocenters. The average molecular weight is 263 g/mol. The van der Waals surface area contributed by atoms with Gasteiger partial charge in [0.1, 0.15) is 17.3 Å². The van der Waals surface area contributed by atoms with E-state index >= 15 is 0 Å². The Morgan fingerprint density at radius 3 is 2.63 bits per heavy atom. The molecule has 0 fully saturated rings. The van der Waals surface area contributed by atoms with Crippen LogP contribution in [0.5, 0.6) is 11.5 Å². The van der Waals surface area contributed by atoms with E-state index in [4.69, 9.17) is 4.74 Å². The number of ether oxygens (including phenoxy) is 1. The van der Waals surface area contributed by atoms with E-state index in [0.29, 0.717) is 11.3 Å². The van der Waals surface area contributed by atoms with Crippen molar-refractivity contribution >= 4 is 11.9 Å². The standard InChI is InChI=1S/C14H11F2NO2/c1-19-11-3-5-14(18)9(6-11)8-17-13-4-2-10(15)7-12(13)16/h2-8,18H,1H3. The van der Waals surface area contributed by atoms with E-state index in [0.717, 1.165) is 12.1 Å². The summed E-state index contributed by atoms with van der Waals surface area (Å²) in [6.45, 7) is 0. The minimum atomic E-state index is -0.765. The monoisotopic (exact) mass is 263 g/mol. The van der Waals surface area contributed by atoms with Crippen LogP contribution in [0.4, 0.5) is 14.5 Å². The van der Waals surface area contributed by atoms with Crippen LogP contribution in [0.15, 0.2) is 41.4 Å². The van der Waals surface area contributed by atoms with Gasteiger partial charge in [-0.05, 0) is 30.3 Å². The largest absolute Gasteiger partial charge is 0.507 e. The Labute approximate surface area is 108 Å². The number of aromatic hydroxyl groups is 1. The van der Waals surface area contributed by atoms with Gasteiger partial charge in [0.05, 0.1) is 12.8 Å². The number of rotatable bonds is 3. The Balaban J connectivity index is 2.32. The first-order valence-electron chi connectivity index (χ1n) is 5.46. The Hall–Kier alpha value is -2.43. The highest BCUT2D eigenvalue weighted by atomic mass is 19.1. The van der Waals surface area contributed by atoms with Gasteiger partial charge in [0.25, 0.3) is 0 Å². The molecular weight excluding hydrogens is 252 g/mol. The first kappa shape index (κ1) is 13.0. The van der Waals surface area contributed by atoms with Gasteiger partial charge in [-0.25, -0.2) is 8.78 Å². The van der Waals surface area contributed by atoms with Crippen molar-refractivity contribution in [2.45, 2.75) is 0 Å². The van der Waals surface area contributed by atoms with Gasteiger partial charge in [-0.15, -0.1) is 0 Å². The van der Waals surface area contributed by atoms with Crippen molar-refractivity contribution < 1.29 is 18.6 Å². The summed E-state index contributed by atoms with van der Waals surface area (Å²) in [6.07, 6.45) is 1.29. The Kier molecular flexibility index (Phi) is 3.75. The number of halogens is 2. The molecule has 0 amide bonds. The van der Waals surface area contributed by atoms with Gasteiger partial charge in [0, 0.05) is 17.8 Å². The van der Waals surface area contributed by atoms with Crippen molar-refractivity contribution in [3.05, 3.63) is 53.6 Å². The van der Waals surface area contributed by atoms with Crippen LogP contribution >= 0.6 is 0 Å². The van der Waals surface area contributed by atoms with E-state index in [1.54, 1.807) is 12.1 Å². The second-order valence-electron chi connectivity index (χ2n) is 3.78. The van der Waals surface area contributed by atoms with Gasteiger partial charge in [0.15, 0.2) is 5.82 Å². The minimum absolute atomic E-state index is 0.00734. The zero-order chi connectivity index (χ0) is 13.8. The topological polar surface area (TPSA) is 41.8 Å². The zero-order valence-electron chi connectivity index (χ0n) is 10.1. The number of hydrogen-bond donors (Lipinski definition) is 1. The fraction of sp³-hybridized carbons (Fsp3) is 0.0714. The van der Waals surface area contributed by atoms with Crippen molar-refractivity contribution in [3.63, 3.8) is 0 Å². The summed E-state index contributed by atoms with van der Waals surface area (Å²) in [5.41, 5.74) is 0.367. The Morgan fingerprint density at radius 2 is 1.95 bits per heavy atom. The van der Waals surface area contributed by atoms with Crippen molar-refractivity contribution in [1.29, 1.82) is 0 Å². The summed E-state index contributed by atoms with van der Waals surface area (Å²) < 4.78 is 31.1. The van der Waals surface area contributed by atoms with Gasteiger partial charge in [-0.2, -0.15) is 0 Å². The third-order valence-electron chi connectivity index (χ3n) is 2.49. The minimum Gasteiger partial charge on any atom is -0.507 e. The van der Waals surface area contributed by atoms with Crippen molar-refractivity contribution in [2.24, 2.45) is 4.99 Å². The highest BCUT2D eigenvalue weighted by Crippen LogP contribution is 2.23. The molecule has 0 aliphatic carbocycles. The molecule has 0 saturated heterocycles. The molecule has 0 radical (unpaired) electrons. The van der Waals surface area contributed by atoms with Crippen LogP contribution in [-0.4, -0.2) is 18.4 Å². The SMILES string of the molecule is COc1ccc(O)c(C=Nc2ccc(F)cc2F)c1. The predicted molar refractivity (Wildman–Crippen MR) is 68.3 cm³/mol. The summed E-state index contributed by atoms with van der Waals surface area (Å²) >= 11 is 0. The number of phenolic OH excluding ortho intramolecular Hbond substituents is 1. The van der Waals surface area contributed by atoms with Crippen molar-refractivity contribution in [2.75, 3.05) is 7.11 Å². The van der Waals surface area contributed by atoms with Crippen molar-refractivity contribution in [1.82, 2.24) is 0 Å². The molecule has 98 valence electrons. The lowest BCUT2D eigenvalue weighted by Crippen LogP contribution is -1.87. The molecule has 5 heteroatoms. The highest BCUT2D eigenvalue weighted by Gasteiger charge is 2.03.